The van der Waals surface area contributed by atoms with Crippen LogP contribution in [-0.4, -0.2) is 6.04 Å². The van der Waals surface area contributed by atoms with Gasteiger partial charge in [0.05, 0.1) is 0 Å². The summed E-state index contributed by atoms with van der Waals surface area (Å²) in [6.07, 6.45) is 6.76. The number of nitrogens with one attached hydrogen (secondary N) is 1. The Morgan fingerprint density at radius 2 is 2.00 bits per heavy atom. The van der Waals surface area contributed by atoms with Gasteiger partial charge in [-0.1, -0.05) is 31.4 Å². The first kappa shape index (κ1) is 11.5. The molecule has 1 aromatic rings. The molecule has 3 N–H and O–H groups in total. The highest BCUT2D eigenvalue weighted by Gasteiger charge is 2.13. The molecule has 0 spiro atoms. The first-order valence-electron chi connectivity index (χ1n) is 6.36. The molecule has 0 radical (unpaired) electrons. The largest absolute Gasteiger partial charge is 0.382 e. The highest BCUT2D eigenvalue weighted by Crippen LogP contribution is 2.24. The molecule has 0 heterocycles. The predicted octanol–water partition coefficient (Wildman–Crippen LogP) is 3.20. The summed E-state index contributed by atoms with van der Waals surface area (Å²) in [5.41, 5.74) is 9.48. The molecule has 0 aromatic heterocycles. The summed E-state index contributed by atoms with van der Waals surface area (Å²) in [5, 5.41) is 3.67. The van der Waals surface area contributed by atoms with Crippen molar-refractivity contribution in [3.05, 3.63) is 29.3 Å². The number of benzene rings is 1. The Kier molecular flexibility index (Phi) is 3.83. The SMILES string of the molecule is Cc1ccc(CN)cc1NC1CCCCC1. The summed E-state index contributed by atoms with van der Waals surface area (Å²) in [4.78, 5) is 0. The number of hydrogen-bond acceptors (Lipinski definition) is 2. The standard InChI is InChI=1S/C14H22N2/c1-11-7-8-12(10-15)9-14(11)16-13-5-3-2-4-6-13/h7-9,13,16H,2-6,10,15H2,1H3. The van der Waals surface area contributed by atoms with Gasteiger partial charge in [0.25, 0.3) is 0 Å². The van der Waals surface area contributed by atoms with Crippen molar-refractivity contribution in [2.45, 2.75) is 51.6 Å². The van der Waals surface area contributed by atoms with E-state index < -0.39 is 0 Å². The number of rotatable bonds is 3. The Morgan fingerprint density at radius 3 is 2.69 bits per heavy atom. The second-order valence-corrected chi connectivity index (χ2v) is 4.83. The van der Waals surface area contributed by atoms with E-state index in [1.54, 1.807) is 0 Å². The molecule has 1 saturated carbocycles. The highest BCUT2D eigenvalue weighted by atomic mass is 14.9. The zero-order valence-corrected chi connectivity index (χ0v) is 10.1. The summed E-state index contributed by atoms with van der Waals surface area (Å²) in [5.74, 6) is 0. The van der Waals surface area contributed by atoms with Gasteiger partial charge in [-0.05, 0) is 37.0 Å². The fourth-order valence-electron chi connectivity index (χ4n) is 2.42. The van der Waals surface area contributed by atoms with E-state index in [1.165, 1.54) is 48.9 Å². The van der Waals surface area contributed by atoms with Crippen LogP contribution in [0, 0.1) is 6.92 Å². The van der Waals surface area contributed by atoms with Gasteiger partial charge >= 0.3 is 0 Å². The van der Waals surface area contributed by atoms with Crippen LogP contribution >= 0.6 is 0 Å². The van der Waals surface area contributed by atoms with Crippen LogP contribution in [0.15, 0.2) is 18.2 Å². The van der Waals surface area contributed by atoms with Gasteiger partial charge in [0, 0.05) is 18.3 Å². The van der Waals surface area contributed by atoms with Crippen LogP contribution in [-0.2, 0) is 6.54 Å². The molecule has 1 aromatic carbocycles. The van der Waals surface area contributed by atoms with E-state index >= 15 is 0 Å². The molecule has 1 fully saturated rings. The molecular formula is C14H22N2. The van der Waals surface area contributed by atoms with Crippen molar-refractivity contribution in [2.24, 2.45) is 5.73 Å². The van der Waals surface area contributed by atoms with E-state index in [1.807, 2.05) is 0 Å². The minimum Gasteiger partial charge on any atom is -0.382 e. The van der Waals surface area contributed by atoms with Crippen molar-refractivity contribution in [2.75, 3.05) is 5.32 Å². The fourth-order valence-corrected chi connectivity index (χ4v) is 2.42. The maximum atomic E-state index is 5.67. The lowest BCUT2D eigenvalue weighted by atomic mass is 9.95. The lowest BCUT2D eigenvalue weighted by Gasteiger charge is -2.25. The Hall–Kier alpha value is -1.02. The van der Waals surface area contributed by atoms with Crippen molar-refractivity contribution in [1.82, 2.24) is 0 Å². The zero-order valence-electron chi connectivity index (χ0n) is 10.1. The Labute approximate surface area is 98.2 Å². The molecule has 16 heavy (non-hydrogen) atoms. The normalized spacial score (nSPS) is 17.4. The third-order valence-electron chi connectivity index (χ3n) is 3.50. The lowest BCUT2D eigenvalue weighted by molar-refractivity contribution is 0.462. The molecule has 0 atom stereocenters. The number of anilines is 1. The van der Waals surface area contributed by atoms with Gasteiger partial charge in [-0.25, -0.2) is 0 Å². The summed E-state index contributed by atoms with van der Waals surface area (Å²) < 4.78 is 0. The van der Waals surface area contributed by atoms with Crippen LogP contribution in [0.3, 0.4) is 0 Å². The average Bonchev–Trinajstić information content (AvgIpc) is 2.33. The zero-order chi connectivity index (χ0) is 11.4. The predicted molar refractivity (Wildman–Crippen MR) is 69.6 cm³/mol. The molecule has 0 aliphatic heterocycles. The molecule has 0 amide bonds. The van der Waals surface area contributed by atoms with Crippen molar-refractivity contribution in [3.63, 3.8) is 0 Å². The number of nitrogens with two attached hydrogens (primary N) is 1. The summed E-state index contributed by atoms with van der Waals surface area (Å²) in [7, 11) is 0. The monoisotopic (exact) mass is 218 g/mol. The van der Waals surface area contributed by atoms with Gasteiger partial charge in [-0.3, -0.25) is 0 Å². The molecule has 2 heteroatoms. The Balaban J connectivity index is 2.06. The van der Waals surface area contributed by atoms with Crippen LogP contribution in [0.1, 0.15) is 43.2 Å². The second kappa shape index (κ2) is 5.35. The van der Waals surface area contributed by atoms with E-state index in [4.69, 9.17) is 5.73 Å². The fraction of sp³-hybridized carbons (Fsp3) is 0.571. The van der Waals surface area contributed by atoms with Crippen LogP contribution in [0.2, 0.25) is 0 Å². The molecule has 0 unspecified atom stereocenters. The Morgan fingerprint density at radius 1 is 1.25 bits per heavy atom. The molecular weight excluding hydrogens is 196 g/mol. The molecule has 1 aliphatic rings. The first-order chi connectivity index (χ1) is 7.79. The smallest absolute Gasteiger partial charge is 0.0375 e. The molecule has 2 rings (SSSR count). The van der Waals surface area contributed by atoms with Gasteiger partial charge in [-0.2, -0.15) is 0 Å². The van der Waals surface area contributed by atoms with Gasteiger partial charge in [-0.15, -0.1) is 0 Å². The van der Waals surface area contributed by atoms with E-state index in [0.29, 0.717) is 12.6 Å². The summed E-state index contributed by atoms with van der Waals surface area (Å²) >= 11 is 0. The number of aryl methyl sites for hydroxylation is 1. The molecule has 0 saturated heterocycles. The van der Waals surface area contributed by atoms with Gasteiger partial charge < -0.3 is 11.1 Å². The Bertz CT molecular complexity index is 341. The topological polar surface area (TPSA) is 38.0 Å². The van der Waals surface area contributed by atoms with E-state index in [9.17, 15) is 0 Å². The van der Waals surface area contributed by atoms with Crippen molar-refractivity contribution < 1.29 is 0 Å². The second-order valence-electron chi connectivity index (χ2n) is 4.83. The highest BCUT2D eigenvalue weighted by molar-refractivity contribution is 5.53. The maximum absolute atomic E-state index is 5.67. The van der Waals surface area contributed by atoms with Crippen molar-refractivity contribution in [3.8, 4) is 0 Å². The van der Waals surface area contributed by atoms with Crippen LogP contribution in [0.25, 0.3) is 0 Å². The third kappa shape index (κ3) is 2.76. The number of hydrogen-bond donors (Lipinski definition) is 2. The summed E-state index contributed by atoms with van der Waals surface area (Å²) in [6.45, 7) is 2.78. The third-order valence-corrected chi connectivity index (χ3v) is 3.50. The van der Waals surface area contributed by atoms with E-state index in [-0.39, 0.29) is 0 Å². The van der Waals surface area contributed by atoms with Crippen molar-refractivity contribution in [1.29, 1.82) is 0 Å². The van der Waals surface area contributed by atoms with Crippen LogP contribution < -0.4 is 11.1 Å². The van der Waals surface area contributed by atoms with E-state index in [2.05, 4.69) is 30.4 Å². The quantitative estimate of drug-likeness (QED) is 0.817. The molecule has 0 bridgehead atoms. The first-order valence-corrected chi connectivity index (χ1v) is 6.36. The van der Waals surface area contributed by atoms with E-state index in [0.717, 1.165) is 0 Å². The maximum Gasteiger partial charge on any atom is 0.0375 e. The van der Waals surface area contributed by atoms with Crippen LogP contribution in [0.5, 0.6) is 0 Å². The van der Waals surface area contributed by atoms with Crippen LogP contribution in [0.4, 0.5) is 5.69 Å². The van der Waals surface area contributed by atoms with Gasteiger partial charge in [0.1, 0.15) is 0 Å². The van der Waals surface area contributed by atoms with Gasteiger partial charge in [0.15, 0.2) is 0 Å². The summed E-state index contributed by atoms with van der Waals surface area (Å²) in [6, 6.07) is 7.14. The van der Waals surface area contributed by atoms with Gasteiger partial charge in [0.2, 0.25) is 0 Å². The molecule has 88 valence electrons. The average molecular weight is 218 g/mol. The minimum absolute atomic E-state index is 0.625. The lowest BCUT2D eigenvalue weighted by Crippen LogP contribution is -2.22. The minimum atomic E-state index is 0.625. The van der Waals surface area contributed by atoms with Crippen molar-refractivity contribution >= 4 is 5.69 Å². The molecule has 1 aliphatic carbocycles. The molecule has 2 nitrogen and oxygen atoms in total.